The molecule has 3 rings (SSSR count). The highest BCUT2D eigenvalue weighted by Gasteiger charge is 2.06. The number of alkyl halides is 1. The molecule has 1 heterocycles. The van der Waals surface area contributed by atoms with Gasteiger partial charge in [0.25, 0.3) is 0 Å². The number of ether oxygens (including phenoxy) is 1. The Kier molecular flexibility index (Phi) is 4.30. The van der Waals surface area contributed by atoms with Crippen molar-refractivity contribution in [3.8, 4) is 17.1 Å². The summed E-state index contributed by atoms with van der Waals surface area (Å²) >= 11 is 3.39. The number of fused-ring (bicyclic) bond motifs is 1. The fourth-order valence-corrected chi connectivity index (χ4v) is 2.49. The molecule has 0 bridgehead atoms. The summed E-state index contributed by atoms with van der Waals surface area (Å²) in [7, 11) is 0. The number of halogens is 1. The lowest BCUT2D eigenvalue weighted by Gasteiger charge is -2.05. The first kappa shape index (κ1) is 14.2. The second kappa shape index (κ2) is 6.35. The first-order valence-electron chi connectivity index (χ1n) is 7.06. The molecule has 0 spiro atoms. The van der Waals surface area contributed by atoms with Crippen LogP contribution in [0.15, 0.2) is 52.9 Å². The maximum Gasteiger partial charge on any atom is 0.135 e. The van der Waals surface area contributed by atoms with Gasteiger partial charge >= 0.3 is 0 Å². The summed E-state index contributed by atoms with van der Waals surface area (Å²) in [5.74, 6) is 1.79. The lowest BCUT2D eigenvalue weighted by Crippen LogP contribution is -1.97. The Morgan fingerprint density at radius 1 is 1.05 bits per heavy atom. The third-order valence-corrected chi connectivity index (χ3v) is 3.92. The Morgan fingerprint density at radius 2 is 1.86 bits per heavy atom. The minimum absolute atomic E-state index is 0.731. The molecule has 21 heavy (non-hydrogen) atoms. The van der Waals surface area contributed by atoms with E-state index in [4.69, 9.17) is 9.15 Å². The van der Waals surface area contributed by atoms with E-state index in [1.807, 2.05) is 30.3 Å². The average molecular weight is 345 g/mol. The van der Waals surface area contributed by atoms with Gasteiger partial charge in [-0.1, -0.05) is 27.6 Å². The molecular formula is C18H17BrO2. The molecule has 2 aromatic carbocycles. The van der Waals surface area contributed by atoms with Crippen molar-refractivity contribution < 1.29 is 9.15 Å². The molecule has 0 saturated carbocycles. The summed E-state index contributed by atoms with van der Waals surface area (Å²) in [5, 5.41) is 2.10. The largest absolute Gasteiger partial charge is 0.494 e. The predicted molar refractivity (Wildman–Crippen MR) is 90.3 cm³/mol. The van der Waals surface area contributed by atoms with Gasteiger partial charge in [0.1, 0.15) is 17.1 Å². The molecule has 0 aliphatic heterocycles. The van der Waals surface area contributed by atoms with Crippen LogP contribution in [0.3, 0.4) is 0 Å². The van der Waals surface area contributed by atoms with Gasteiger partial charge in [0.05, 0.1) is 6.61 Å². The van der Waals surface area contributed by atoms with E-state index in [0.717, 1.165) is 46.4 Å². The van der Waals surface area contributed by atoms with E-state index in [9.17, 15) is 0 Å². The van der Waals surface area contributed by atoms with Crippen molar-refractivity contribution in [1.29, 1.82) is 0 Å². The van der Waals surface area contributed by atoms with Gasteiger partial charge in [0.15, 0.2) is 0 Å². The standard InChI is InChI=1S/C18H17BrO2/c1-13-3-8-17-15(11-13)12-18(21-17)14-4-6-16(7-5-14)20-10-2-9-19/h3-8,11-12H,2,9-10H2,1H3. The van der Waals surface area contributed by atoms with Crippen LogP contribution in [0.5, 0.6) is 5.75 Å². The molecule has 0 N–H and O–H groups in total. The van der Waals surface area contributed by atoms with Gasteiger partial charge < -0.3 is 9.15 Å². The highest BCUT2D eigenvalue weighted by atomic mass is 79.9. The fourth-order valence-electron chi connectivity index (χ4n) is 2.27. The molecule has 0 atom stereocenters. The van der Waals surface area contributed by atoms with E-state index in [1.54, 1.807) is 0 Å². The summed E-state index contributed by atoms with van der Waals surface area (Å²) in [5.41, 5.74) is 3.23. The van der Waals surface area contributed by atoms with Crippen molar-refractivity contribution in [2.45, 2.75) is 13.3 Å². The van der Waals surface area contributed by atoms with E-state index >= 15 is 0 Å². The first-order chi connectivity index (χ1) is 10.3. The summed E-state index contributed by atoms with van der Waals surface area (Å²) < 4.78 is 11.6. The predicted octanol–water partition coefficient (Wildman–Crippen LogP) is 5.57. The van der Waals surface area contributed by atoms with E-state index in [2.05, 4.69) is 41.1 Å². The van der Waals surface area contributed by atoms with Crippen LogP contribution in [0.25, 0.3) is 22.3 Å². The molecule has 1 aromatic heterocycles. The Morgan fingerprint density at radius 3 is 2.62 bits per heavy atom. The number of aryl methyl sites for hydroxylation is 1. The lowest BCUT2D eigenvalue weighted by molar-refractivity contribution is 0.319. The molecule has 0 saturated heterocycles. The van der Waals surface area contributed by atoms with E-state index < -0.39 is 0 Å². The van der Waals surface area contributed by atoms with Gasteiger partial charge in [-0.3, -0.25) is 0 Å². The average Bonchev–Trinajstić information content (AvgIpc) is 2.91. The Labute approximate surface area is 132 Å². The molecule has 2 nitrogen and oxygen atoms in total. The highest BCUT2D eigenvalue weighted by Crippen LogP contribution is 2.29. The third kappa shape index (κ3) is 3.30. The topological polar surface area (TPSA) is 22.4 Å². The Hall–Kier alpha value is -1.74. The monoisotopic (exact) mass is 344 g/mol. The minimum Gasteiger partial charge on any atom is -0.494 e. The van der Waals surface area contributed by atoms with Gasteiger partial charge in [-0.25, -0.2) is 0 Å². The third-order valence-electron chi connectivity index (χ3n) is 3.36. The fraction of sp³-hybridized carbons (Fsp3) is 0.222. The summed E-state index contributed by atoms with van der Waals surface area (Å²) in [6.07, 6.45) is 1.00. The lowest BCUT2D eigenvalue weighted by atomic mass is 10.1. The Balaban J connectivity index is 1.81. The van der Waals surface area contributed by atoms with Crippen molar-refractivity contribution in [3.63, 3.8) is 0 Å². The molecule has 0 unspecified atom stereocenters. The molecule has 0 aliphatic rings. The quantitative estimate of drug-likeness (QED) is 0.445. The number of benzene rings is 2. The maximum absolute atomic E-state index is 5.90. The van der Waals surface area contributed by atoms with E-state index in [1.165, 1.54) is 5.56 Å². The molecule has 3 heteroatoms. The number of hydrogen-bond acceptors (Lipinski definition) is 2. The zero-order valence-electron chi connectivity index (χ0n) is 11.9. The van der Waals surface area contributed by atoms with Crippen LogP contribution < -0.4 is 4.74 Å². The number of hydrogen-bond donors (Lipinski definition) is 0. The summed E-state index contributed by atoms with van der Waals surface area (Å²) in [4.78, 5) is 0. The molecule has 0 radical (unpaired) electrons. The van der Waals surface area contributed by atoms with Crippen LogP contribution in [-0.2, 0) is 0 Å². The molecule has 0 aliphatic carbocycles. The molecule has 3 aromatic rings. The molecular weight excluding hydrogens is 328 g/mol. The number of rotatable bonds is 5. The zero-order chi connectivity index (χ0) is 14.7. The van der Waals surface area contributed by atoms with Crippen molar-refractivity contribution in [2.75, 3.05) is 11.9 Å². The van der Waals surface area contributed by atoms with Crippen molar-refractivity contribution in [2.24, 2.45) is 0 Å². The summed E-state index contributed by atoms with van der Waals surface area (Å²) in [6.45, 7) is 2.82. The van der Waals surface area contributed by atoms with Gasteiger partial charge in [0, 0.05) is 16.3 Å². The molecule has 108 valence electrons. The van der Waals surface area contributed by atoms with Crippen molar-refractivity contribution in [1.82, 2.24) is 0 Å². The van der Waals surface area contributed by atoms with Crippen LogP contribution in [-0.4, -0.2) is 11.9 Å². The minimum atomic E-state index is 0.731. The SMILES string of the molecule is Cc1ccc2oc(-c3ccc(OCCCBr)cc3)cc2c1. The van der Waals surface area contributed by atoms with Crippen LogP contribution in [0.1, 0.15) is 12.0 Å². The molecule has 0 fully saturated rings. The van der Waals surface area contributed by atoms with Crippen LogP contribution in [0.4, 0.5) is 0 Å². The van der Waals surface area contributed by atoms with Crippen molar-refractivity contribution in [3.05, 3.63) is 54.1 Å². The first-order valence-corrected chi connectivity index (χ1v) is 8.18. The van der Waals surface area contributed by atoms with Gasteiger partial charge in [-0.15, -0.1) is 0 Å². The zero-order valence-corrected chi connectivity index (χ0v) is 13.5. The normalized spacial score (nSPS) is 11.0. The molecule has 0 amide bonds. The Bertz CT molecular complexity index is 729. The second-order valence-corrected chi connectivity index (χ2v) is 5.86. The smallest absolute Gasteiger partial charge is 0.135 e. The van der Waals surface area contributed by atoms with Crippen molar-refractivity contribution >= 4 is 26.9 Å². The highest BCUT2D eigenvalue weighted by molar-refractivity contribution is 9.09. The second-order valence-electron chi connectivity index (χ2n) is 5.07. The van der Waals surface area contributed by atoms with E-state index in [-0.39, 0.29) is 0 Å². The van der Waals surface area contributed by atoms with Crippen LogP contribution in [0, 0.1) is 6.92 Å². The summed E-state index contributed by atoms with van der Waals surface area (Å²) in [6, 6.07) is 16.4. The number of furan rings is 1. The van der Waals surface area contributed by atoms with Gasteiger partial charge in [0.2, 0.25) is 0 Å². The van der Waals surface area contributed by atoms with E-state index in [0.29, 0.717) is 0 Å². The van der Waals surface area contributed by atoms with Gasteiger partial charge in [-0.2, -0.15) is 0 Å². The maximum atomic E-state index is 5.90. The van der Waals surface area contributed by atoms with Crippen LogP contribution in [0.2, 0.25) is 0 Å². The van der Waals surface area contributed by atoms with Gasteiger partial charge in [-0.05, 0) is 55.8 Å². The van der Waals surface area contributed by atoms with Crippen LogP contribution >= 0.6 is 15.9 Å².